The Morgan fingerprint density at radius 2 is 1.05 bits per heavy atom. The number of nitriles is 1. The van der Waals surface area contributed by atoms with E-state index in [9.17, 15) is 5.26 Å². The van der Waals surface area contributed by atoms with E-state index in [1.165, 1.54) is 27.8 Å². The van der Waals surface area contributed by atoms with Crippen LogP contribution in [-0.4, -0.2) is 15.0 Å². The van der Waals surface area contributed by atoms with Crippen LogP contribution in [0.15, 0.2) is 182 Å². The Hall–Kier alpha value is -7.48. The molecule has 2 aromatic heterocycles. The molecule has 10 rings (SSSR count). The highest BCUT2D eigenvalue weighted by Crippen LogP contribution is 2.50. The van der Waals surface area contributed by atoms with Gasteiger partial charge in [-0.3, -0.25) is 4.98 Å². The number of pyridine rings is 1. The molecule has 4 heteroatoms. The normalized spacial score (nSPS) is 12.5. The molecule has 268 valence electrons. The lowest BCUT2D eigenvalue weighted by Crippen LogP contribution is -2.15. The Morgan fingerprint density at radius 3 is 1.81 bits per heavy atom. The summed E-state index contributed by atoms with van der Waals surface area (Å²) in [5.74, 6) is 0.672. The maximum Gasteiger partial charge on any atom is 0.160 e. The highest BCUT2D eigenvalue weighted by Gasteiger charge is 2.36. The van der Waals surface area contributed by atoms with Gasteiger partial charge in [0.15, 0.2) is 5.82 Å². The maximum atomic E-state index is 9.71. The molecular formula is C53H36N4. The van der Waals surface area contributed by atoms with Crippen molar-refractivity contribution in [3.63, 3.8) is 0 Å². The van der Waals surface area contributed by atoms with Crippen molar-refractivity contribution in [2.24, 2.45) is 0 Å². The first kappa shape index (κ1) is 34.0. The Bertz CT molecular complexity index is 3030. The molecule has 1 aliphatic carbocycles. The van der Waals surface area contributed by atoms with Gasteiger partial charge in [-0.25, -0.2) is 9.97 Å². The van der Waals surface area contributed by atoms with E-state index >= 15 is 0 Å². The summed E-state index contributed by atoms with van der Waals surface area (Å²) >= 11 is 0. The van der Waals surface area contributed by atoms with Crippen molar-refractivity contribution in [2.75, 3.05) is 0 Å². The van der Waals surface area contributed by atoms with Crippen LogP contribution >= 0.6 is 0 Å². The average Bonchev–Trinajstić information content (AvgIpc) is 3.51. The second-order valence-corrected chi connectivity index (χ2v) is 15.2. The SMILES string of the molecule is CC1(C)c2cc(C#N)ccc2-c2ccc(-c3cc(-c4cc(-c5ccc(-c6ccccc6)cc5)nc(-c5ccccc5)n4)cc(-c4cccc5ncccc45)c3)cc21. The summed E-state index contributed by atoms with van der Waals surface area (Å²) < 4.78 is 0. The van der Waals surface area contributed by atoms with Gasteiger partial charge in [0, 0.05) is 33.7 Å². The van der Waals surface area contributed by atoms with E-state index in [1.54, 1.807) is 0 Å². The molecule has 1 aliphatic rings. The first-order valence-electron chi connectivity index (χ1n) is 19.2. The van der Waals surface area contributed by atoms with Crippen LogP contribution in [0.5, 0.6) is 0 Å². The van der Waals surface area contributed by atoms with Crippen LogP contribution in [-0.2, 0) is 5.41 Å². The van der Waals surface area contributed by atoms with Crippen LogP contribution in [0.25, 0.3) is 89.3 Å². The van der Waals surface area contributed by atoms with Crippen LogP contribution in [0.4, 0.5) is 0 Å². The topological polar surface area (TPSA) is 62.5 Å². The molecule has 7 aromatic carbocycles. The first-order valence-corrected chi connectivity index (χ1v) is 19.2. The van der Waals surface area contributed by atoms with Crippen molar-refractivity contribution < 1.29 is 0 Å². The summed E-state index contributed by atoms with van der Waals surface area (Å²) in [7, 11) is 0. The van der Waals surface area contributed by atoms with Gasteiger partial charge in [0.05, 0.1) is 28.5 Å². The number of nitrogens with zero attached hydrogens (tertiary/aromatic N) is 4. The predicted molar refractivity (Wildman–Crippen MR) is 232 cm³/mol. The van der Waals surface area contributed by atoms with Crippen molar-refractivity contribution in [3.05, 3.63) is 199 Å². The number of hydrogen-bond acceptors (Lipinski definition) is 4. The van der Waals surface area contributed by atoms with Crippen LogP contribution in [0.2, 0.25) is 0 Å². The molecule has 2 heterocycles. The van der Waals surface area contributed by atoms with Gasteiger partial charge in [-0.05, 0) is 110 Å². The molecule has 0 aliphatic heterocycles. The monoisotopic (exact) mass is 728 g/mol. The molecule has 0 spiro atoms. The summed E-state index contributed by atoms with van der Waals surface area (Å²) in [5.41, 5.74) is 17.6. The van der Waals surface area contributed by atoms with Gasteiger partial charge in [-0.15, -0.1) is 0 Å². The van der Waals surface area contributed by atoms with Crippen LogP contribution in [0, 0.1) is 11.3 Å². The third kappa shape index (κ3) is 6.07. The highest BCUT2D eigenvalue weighted by molar-refractivity contribution is 5.97. The van der Waals surface area contributed by atoms with E-state index in [2.05, 4.69) is 159 Å². The smallest absolute Gasteiger partial charge is 0.160 e. The molecule has 0 amide bonds. The van der Waals surface area contributed by atoms with Gasteiger partial charge in [0.25, 0.3) is 0 Å². The fourth-order valence-corrected chi connectivity index (χ4v) is 8.36. The van der Waals surface area contributed by atoms with Gasteiger partial charge < -0.3 is 0 Å². The van der Waals surface area contributed by atoms with E-state index in [1.807, 2.05) is 42.6 Å². The summed E-state index contributed by atoms with van der Waals surface area (Å²) in [6, 6.07) is 63.9. The van der Waals surface area contributed by atoms with Gasteiger partial charge in [0.2, 0.25) is 0 Å². The third-order valence-corrected chi connectivity index (χ3v) is 11.4. The Morgan fingerprint density at radius 1 is 0.439 bits per heavy atom. The summed E-state index contributed by atoms with van der Waals surface area (Å²) in [4.78, 5) is 15.1. The molecule has 57 heavy (non-hydrogen) atoms. The quantitative estimate of drug-likeness (QED) is 0.171. The van der Waals surface area contributed by atoms with E-state index in [0.717, 1.165) is 66.8 Å². The zero-order valence-corrected chi connectivity index (χ0v) is 31.6. The van der Waals surface area contributed by atoms with Crippen molar-refractivity contribution >= 4 is 10.9 Å². The summed E-state index contributed by atoms with van der Waals surface area (Å²) in [6.07, 6.45) is 1.84. The lowest BCUT2D eigenvalue weighted by Gasteiger charge is -2.22. The van der Waals surface area contributed by atoms with E-state index < -0.39 is 0 Å². The zero-order chi connectivity index (χ0) is 38.5. The Balaban J connectivity index is 1.17. The predicted octanol–water partition coefficient (Wildman–Crippen LogP) is 13.2. The molecule has 0 saturated heterocycles. The lowest BCUT2D eigenvalue weighted by atomic mass is 9.81. The van der Waals surface area contributed by atoms with E-state index in [-0.39, 0.29) is 5.41 Å². The minimum absolute atomic E-state index is 0.266. The second kappa shape index (κ2) is 13.7. The summed E-state index contributed by atoms with van der Waals surface area (Å²) in [5, 5.41) is 10.8. The minimum atomic E-state index is -0.266. The fourth-order valence-electron chi connectivity index (χ4n) is 8.36. The van der Waals surface area contributed by atoms with Gasteiger partial charge in [-0.1, -0.05) is 135 Å². The third-order valence-electron chi connectivity index (χ3n) is 11.4. The molecule has 0 saturated carbocycles. The van der Waals surface area contributed by atoms with Crippen LogP contribution in [0.1, 0.15) is 30.5 Å². The highest BCUT2D eigenvalue weighted by atomic mass is 14.9. The molecule has 0 bridgehead atoms. The molecular weight excluding hydrogens is 693 g/mol. The van der Waals surface area contributed by atoms with Gasteiger partial charge in [0.1, 0.15) is 0 Å². The van der Waals surface area contributed by atoms with Crippen molar-refractivity contribution in [1.29, 1.82) is 5.26 Å². The van der Waals surface area contributed by atoms with Gasteiger partial charge in [-0.2, -0.15) is 5.26 Å². The lowest BCUT2D eigenvalue weighted by molar-refractivity contribution is 0.660. The fraction of sp³-hybridized carbons (Fsp3) is 0.0566. The van der Waals surface area contributed by atoms with Crippen molar-refractivity contribution in [2.45, 2.75) is 19.3 Å². The standard InChI is InChI=1S/C53H36N4/c1-53(2)47-27-34(33-54)18-24-44(47)45-25-23-39(31-48(45)53)40-28-41(43-15-9-17-49-46(43)16-10-26-55-49)30-42(29-40)51-32-50(56-52(57-51)38-13-7-4-8-14-38)37-21-19-36(20-22-37)35-11-5-3-6-12-35/h3-32H,1-2H3. The average molecular weight is 729 g/mol. The minimum Gasteiger partial charge on any atom is -0.256 e. The number of hydrogen-bond donors (Lipinski definition) is 0. The number of benzene rings is 7. The Kier molecular flexibility index (Phi) is 8.17. The van der Waals surface area contributed by atoms with E-state index in [0.29, 0.717) is 11.4 Å². The Labute approximate surface area is 332 Å². The van der Waals surface area contributed by atoms with Crippen molar-refractivity contribution in [3.8, 4) is 84.5 Å². The first-order chi connectivity index (χ1) is 27.9. The second-order valence-electron chi connectivity index (χ2n) is 15.2. The van der Waals surface area contributed by atoms with Crippen LogP contribution in [0.3, 0.4) is 0 Å². The van der Waals surface area contributed by atoms with Crippen molar-refractivity contribution in [1.82, 2.24) is 15.0 Å². The molecule has 0 radical (unpaired) electrons. The number of rotatable bonds is 6. The molecule has 0 N–H and O–H groups in total. The summed E-state index contributed by atoms with van der Waals surface area (Å²) in [6.45, 7) is 4.51. The number of aromatic nitrogens is 3. The molecule has 4 nitrogen and oxygen atoms in total. The molecule has 0 fully saturated rings. The van der Waals surface area contributed by atoms with E-state index in [4.69, 9.17) is 15.0 Å². The molecule has 0 unspecified atom stereocenters. The number of fused-ring (bicyclic) bond motifs is 4. The largest absolute Gasteiger partial charge is 0.256 e. The van der Waals surface area contributed by atoms with Crippen LogP contribution < -0.4 is 0 Å². The molecule has 0 atom stereocenters. The molecule has 9 aromatic rings. The van der Waals surface area contributed by atoms with Gasteiger partial charge >= 0.3 is 0 Å². The maximum absolute atomic E-state index is 9.71. The zero-order valence-electron chi connectivity index (χ0n) is 31.6.